The molecule has 5 heteroatoms. The summed E-state index contributed by atoms with van der Waals surface area (Å²) in [5.74, 6) is 0.747. The van der Waals surface area contributed by atoms with Crippen LogP contribution in [0.25, 0.3) is 0 Å². The summed E-state index contributed by atoms with van der Waals surface area (Å²) in [6.45, 7) is 0.516. The third kappa shape index (κ3) is 3.66. The van der Waals surface area contributed by atoms with E-state index in [4.69, 9.17) is 4.74 Å². The average molecular weight is 281 g/mol. The molecular weight excluding hydrogens is 267 g/mol. The number of hydrogen-bond acceptors (Lipinski definition) is 2. The molecule has 0 atom stereocenters. The molecule has 2 aromatic carbocycles. The van der Waals surface area contributed by atoms with Gasteiger partial charge in [0.15, 0.2) is 0 Å². The molecule has 2 nitrogen and oxygen atoms in total. The highest BCUT2D eigenvalue weighted by Crippen LogP contribution is 2.29. The minimum absolute atomic E-state index is 0.516. The van der Waals surface area contributed by atoms with Crippen molar-refractivity contribution < 1.29 is 17.9 Å². The van der Waals surface area contributed by atoms with Gasteiger partial charge in [0.05, 0.1) is 12.7 Å². The first-order valence-corrected chi connectivity index (χ1v) is 6.03. The highest BCUT2D eigenvalue weighted by molar-refractivity contribution is 5.46. The number of alkyl halides is 3. The quantitative estimate of drug-likeness (QED) is 0.900. The Morgan fingerprint density at radius 1 is 1.05 bits per heavy atom. The lowest BCUT2D eigenvalue weighted by atomic mass is 10.2. The molecule has 0 aromatic heterocycles. The minimum Gasteiger partial charge on any atom is -0.497 e. The predicted octanol–water partition coefficient (Wildman–Crippen LogP) is 4.33. The van der Waals surface area contributed by atoms with E-state index in [1.54, 1.807) is 7.11 Å². The molecule has 0 unspecified atom stereocenters. The standard InChI is InChI=1S/C15H14F3NO/c1-20-14-4-2-3-11(9-14)10-19-13-7-5-12(6-8-13)15(16,17)18/h2-9,19H,10H2,1H3. The van der Waals surface area contributed by atoms with Gasteiger partial charge in [-0.1, -0.05) is 12.1 Å². The van der Waals surface area contributed by atoms with Gasteiger partial charge >= 0.3 is 6.18 Å². The van der Waals surface area contributed by atoms with E-state index in [0.29, 0.717) is 12.2 Å². The molecule has 0 amide bonds. The number of methoxy groups -OCH3 is 1. The first-order valence-electron chi connectivity index (χ1n) is 6.03. The maximum absolute atomic E-state index is 12.4. The van der Waals surface area contributed by atoms with Crippen LogP contribution in [0.15, 0.2) is 48.5 Å². The smallest absolute Gasteiger partial charge is 0.416 e. The second-order valence-corrected chi connectivity index (χ2v) is 4.28. The molecule has 2 rings (SSSR count). The summed E-state index contributed by atoms with van der Waals surface area (Å²) in [7, 11) is 1.59. The first kappa shape index (κ1) is 14.2. The number of halogens is 3. The molecule has 0 aliphatic heterocycles. The molecular formula is C15H14F3NO. The van der Waals surface area contributed by atoms with Gasteiger partial charge in [0, 0.05) is 12.2 Å². The average Bonchev–Trinajstić information content (AvgIpc) is 2.45. The fraction of sp³-hybridized carbons (Fsp3) is 0.200. The number of rotatable bonds is 4. The maximum Gasteiger partial charge on any atom is 0.416 e. The van der Waals surface area contributed by atoms with E-state index in [2.05, 4.69) is 5.32 Å². The van der Waals surface area contributed by atoms with Crippen LogP contribution in [0, 0.1) is 0 Å². The molecule has 0 fully saturated rings. The van der Waals surface area contributed by atoms with Gasteiger partial charge in [0.25, 0.3) is 0 Å². The Bertz CT molecular complexity index is 564. The molecule has 0 aliphatic rings. The van der Waals surface area contributed by atoms with Crippen LogP contribution < -0.4 is 10.1 Å². The van der Waals surface area contributed by atoms with Gasteiger partial charge in [0.2, 0.25) is 0 Å². The van der Waals surface area contributed by atoms with Crippen molar-refractivity contribution in [1.82, 2.24) is 0 Å². The van der Waals surface area contributed by atoms with Crippen LogP contribution >= 0.6 is 0 Å². The van der Waals surface area contributed by atoms with E-state index in [1.807, 2.05) is 24.3 Å². The SMILES string of the molecule is COc1cccc(CNc2ccc(C(F)(F)F)cc2)c1. The van der Waals surface area contributed by atoms with Crippen molar-refractivity contribution in [2.75, 3.05) is 12.4 Å². The van der Waals surface area contributed by atoms with Crippen LogP contribution in [-0.4, -0.2) is 7.11 Å². The van der Waals surface area contributed by atoms with E-state index in [1.165, 1.54) is 12.1 Å². The Hall–Kier alpha value is -2.17. The summed E-state index contributed by atoms with van der Waals surface area (Å²) in [4.78, 5) is 0. The van der Waals surface area contributed by atoms with Crippen molar-refractivity contribution in [3.8, 4) is 5.75 Å². The van der Waals surface area contributed by atoms with Crippen molar-refractivity contribution in [2.45, 2.75) is 12.7 Å². The summed E-state index contributed by atoms with van der Waals surface area (Å²) >= 11 is 0. The van der Waals surface area contributed by atoms with Gasteiger partial charge in [-0.2, -0.15) is 13.2 Å². The topological polar surface area (TPSA) is 21.3 Å². The Balaban J connectivity index is 2.00. The highest BCUT2D eigenvalue weighted by Gasteiger charge is 2.29. The number of hydrogen-bond donors (Lipinski definition) is 1. The summed E-state index contributed by atoms with van der Waals surface area (Å²) in [6, 6.07) is 12.5. The second-order valence-electron chi connectivity index (χ2n) is 4.28. The Morgan fingerprint density at radius 2 is 1.75 bits per heavy atom. The Kier molecular flexibility index (Phi) is 4.17. The highest BCUT2D eigenvalue weighted by atomic mass is 19.4. The van der Waals surface area contributed by atoms with E-state index in [0.717, 1.165) is 23.4 Å². The number of anilines is 1. The number of nitrogens with one attached hydrogen (secondary N) is 1. The monoisotopic (exact) mass is 281 g/mol. The lowest BCUT2D eigenvalue weighted by Crippen LogP contribution is -2.05. The summed E-state index contributed by atoms with van der Waals surface area (Å²) < 4.78 is 42.4. The number of benzene rings is 2. The van der Waals surface area contributed by atoms with Gasteiger partial charge in [-0.25, -0.2) is 0 Å². The minimum atomic E-state index is -4.30. The van der Waals surface area contributed by atoms with Crippen LogP contribution in [0.3, 0.4) is 0 Å². The zero-order valence-electron chi connectivity index (χ0n) is 10.9. The normalized spacial score (nSPS) is 11.2. The van der Waals surface area contributed by atoms with Crippen LogP contribution in [0.5, 0.6) is 5.75 Å². The van der Waals surface area contributed by atoms with Crippen LogP contribution in [-0.2, 0) is 12.7 Å². The summed E-state index contributed by atoms with van der Waals surface area (Å²) in [6.07, 6.45) is -4.30. The van der Waals surface area contributed by atoms with E-state index < -0.39 is 11.7 Å². The van der Waals surface area contributed by atoms with Crippen molar-refractivity contribution in [3.63, 3.8) is 0 Å². The van der Waals surface area contributed by atoms with Crippen molar-refractivity contribution in [3.05, 3.63) is 59.7 Å². The molecule has 0 saturated heterocycles. The molecule has 0 saturated carbocycles. The van der Waals surface area contributed by atoms with Crippen LogP contribution in [0.4, 0.5) is 18.9 Å². The van der Waals surface area contributed by atoms with Crippen molar-refractivity contribution >= 4 is 5.69 Å². The molecule has 0 heterocycles. The third-order valence-electron chi connectivity index (χ3n) is 2.84. The molecule has 0 bridgehead atoms. The molecule has 1 N–H and O–H groups in total. The van der Waals surface area contributed by atoms with Gasteiger partial charge < -0.3 is 10.1 Å². The molecule has 0 radical (unpaired) electrons. The molecule has 0 aliphatic carbocycles. The lowest BCUT2D eigenvalue weighted by Gasteiger charge is -2.10. The molecule has 20 heavy (non-hydrogen) atoms. The van der Waals surface area contributed by atoms with Crippen molar-refractivity contribution in [1.29, 1.82) is 0 Å². The van der Waals surface area contributed by atoms with Gasteiger partial charge in [0.1, 0.15) is 5.75 Å². The summed E-state index contributed by atoms with van der Waals surface area (Å²) in [5.41, 5.74) is 0.981. The lowest BCUT2D eigenvalue weighted by molar-refractivity contribution is -0.137. The molecule has 106 valence electrons. The van der Waals surface area contributed by atoms with Gasteiger partial charge in [-0.15, -0.1) is 0 Å². The van der Waals surface area contributed by atoms with Crippen LogP contribution in [0.2, 0.25) is 0 Å². The fourth-order valence-corrected chi connectivity index (χ4v) is 1.76. The van der Waals surface area contributed by atoms with E-state index >= 15 is 0 Å². The zero-order chi connectivity index (χ0) is 14.6. The van der Waals surface area contributed by atoms with E-state index in [9.17, 15) is 13.2 Å². The van der Waals surface area contributed by atoms with E-state index in [-0.39, 0.29) is 0 Å². The van der Waals surface area contributed by atoms with Crippen molar-refractivity contribution in [2.24, 2.45) is 0 Å². The zero-order valence-corrected chi connectivity index (χ0v) is 10.9. The maximum atomic E-state index is 12.4. The summed E-state index contributed by atoms with van der Waals surface area (Å²) in [5, 5.41) is 3.07. The van der Waals surface area contributed by atoms with Crippen LogP contribution in [0.1, 0.15) is 11.1 Å². The Morgan fingerprint density at radius 3 is 2.35 bits per heavy atom. The Labute approximate surface area is 115 Å². The first-order chi connectivity index (χ1) is 9.49. The number of ether oxygens (including phenoxy) is 1. The van der Waals surface area contributed by atoms with Gasteiger partial charge in [-0.05, 0) is 42.0 Å². The second kappa shape index (κ2) is 5.86. The predicted molar refractivity (Wildman–Crippen MR) is 71.8 cm³/mol. The third-order valence-corrected chi connectivity index (χ3v) is 2.84. The molecule has 0 spiro atoms. The van der Waals surface area contributed by atoms with Gasteiger partial charge in [-0.3, -0.25) is 0 Å². The largest absolute Gasteiger partial charge is 0.497 e. The fourth-order valence-electron chi connectivity index (χ4n) is 1.76. The molecule has 2 aromatic rings.